The molecule has 0 aromatic rings. The minimum atomic E-state index is -0.121. The van der Waals surface area contributed by atoms with Crippen molar-refractivity contribution in [3.63, 3.8) is 0 Å². The van der Waals surface area contributed by atoms with E-state index < -0.39 is 0 Å². The molecule has 1 saturated heterocycles. The summed E-state index contributed by atoms with van der Waals surface area (Å²) in [6.07, 6.45) is 0. The Morgan fingerprint density at radius 3 is 2.69 bits per heavy atom. The van der Waals surface area contributed by atoms with Gasteiger partial charge in [-0.3, -0.25) is 9.69 Å². The fourth-order valence-corrected chi connectivity index (χ4v) is 1.42. The molecule has 0 spiro atoms. The molecule has 4 heteroatoms. The second-order valence-corrected chi connectivity index (χ2v) is 3.13. The first-order valence-corrected chi connectivity index (χ1v) is 4.79. The summed E-state index contributed by atoms with van der Waals surface area (Å²) in [5.74, 6) is -0.121. The van der Waals surface area contributed by atoms with Crippen molar-refractivity contribution in [2.75, 3.05) is 32.8 Å². The van der Waals surface area contributed by atoms with Crippen LogP contribution >= 0.6 is 0 Å². The summed E-state index contributed by atoms with van der Waals surface area (Å²) in [7, 11) is 0. The van der Waals surface area contributed by atoms with Gasteiger partial charge >= 0.3 is 5.97 Å². The summed E-state index contributed by atoms with van der Waals surface area (Å²) in [5.41, 5.74) is 0. The molecule has 1 aliphatic rings. The van der Waals surface area contributed by atoms with E-state index in [0.717, 1.165) is 26.2 Å². The van der Waals surface area contributed by atoms with Gasteiger partial charge in [0.25, 0.3) is 0 Å². The molecular formula is C9H17N2O2. The van der Waals surface area contributed by atoms with E-state index in [9.17, 15) is 4.79 Å². The molecule has 0 N–H and O–H groups in total. The first kappa shape index (κ1) is 10.5. The zero-order chi connectivity index (χ0) is 9.68. The molecule has 0 amide bonds. The molecule has 0 aromatic carbocycles. The molecule has 1 atom stereocenters. The fourth-order valence-electron chi connectivity index (χ4n) is 1.42. The number of nitrogens with zero attached hydrogens (tertiary/aromatic N) is 2. The van der Waals surface area contributed by atoms with Crippen LogP contribution in [-0.2, 0) is 9.53 Å². The van der Waals surface area contributed by atoms with E-state index >= 15 is 0 Å². The van der Waals surface area contributed by atoms with Crippen molar-refractivity contribution in [2.24, 2.45) is 0 Å². The van der Waals surface area contributed by atoms with Gasteiger partial charge in [-0.25, -0.2) is 5.32 Å². The number of hydrogen-bond donors (Lipinski definition) is 0. The largest absolute Gasteiger partial charge is 0.465 e. The Morgan fingerprint density at radius 1 is 1.54 bits per heavy atom. The van der Waals surface area contributed by atoms with Crippen LogP contribution in [-0.4, -0.2) is 49.7 Å². The average molecular weight is 185 g/mol. The van der Waals surface area contributed by atoms with Crippen molar-refractivity contribution in [3.8, 4) is 0 Å². The van der Waals surface area contributed by atoms with E-state index in [2.05, 4.69) is 10.2 Å². The normalized spacial score (nSPS) is 21.1. The monoisotopic (exact) mass is 185 g/mol. The lowest BCUT2D eigenvalue weighted by Gasteiger charge is -2.30. The molecule has 1 unspecified atom stereocenters. The summed E-state index contributed by atoms with van der Waals surface area (Å²) < 4.78 is 4.95. The van der Waals surface area contributed by atoms with Crippen molar-refractivity contribution >= 4 is 5.97 Å². The van der Waals surface area contributed by atoms with Crippen molar-refractivity contribution in [1.29, 1.82) is 0 Å². The first-order valence-electron chi connectivity index (χ1n) is 4.79. The van der Waals surface area contributed by atoms with Gasteiger partial charge in [-0.2, -0.15) is 0 Å². The Bertz CT molecular complexity index is 167. The Morgan fingerprint density at radius 2 is 2.15 bits per heavy atom. The summed E-state index contributed by atoms with van der Waals surface area (Å²) in [5, 5.41) is 4.22. The number of esters is 1. The number of carbonyl (C=O) groups is 1. The van der Waals surface area contributed by atoms with Gasteiger partial charge in [-0.15, -0.1) is 0 Å². The number of carbonyl (C=O) groups excluding carboxylic acids is 1. The highest BCUT2D eigenvalue weighted by atomic mass is 16.5. The third-order valence-corrected chi connectivity index (χ3v) is 2.27. The molecule has 0 aromatic heterocycles. The first-order chi connectivity index (χ1) is 6.25. The molecule has 0 aliphatic carbocycles. The molecule has 1 rings (SSSR count). The van der Waals surface area contributed by atoms with Crippen LogP contribution in [0.5, 0.6) is 0 Å². The molecule has 75 valence electrons. The van der Waals surface area contributed by atoms with Gasteiger partial charge in [0.05, 0.1) is 6.61 Å². The van der Waals surface area contributed by atoms with E-state index in [0.29, 0.717) is 6.61 Å². The molecule has 4 nitrogen and oxygen atoms in total. The van der Waals surface area contributed by atoms with Crippen molar-refractivity contribution in [1.82, 2.24) is 10.2 Å². The molecule has 0 bridgehead atoms. The van der Waals surface area contributed by atoms with Crippen LogP contribution < -0.4 is 5.32 Å². The predicted octanol–water partition coefficient (Wildman–Crippen LogP) is -0.142. The van der Waals surface area contributed by atoms with Crippen LogP contribution in [0.4, 0.5) is 0 Å². The van der Waals surface area contributed by atoms with Crippen LogP contribution in [0.15, 0.2) is 0 Å². The van der Waals surface area contributed by atoms with Gasteiger partial charge < -0.3 is 4.74 Å². The van der Waals surface area contributed by atoms with Crippen molar-refractivity contribution in [3.05, 3.63) is 0 Å². The minimum Gasteiger partial charge on any atom is -0.465 e. The van der Waals surface area contributed by atoms with Crippen LogP contribution in [0, 0.1) is 0 Å². The van der Waals surface area contributed by atoms with Gasteiger partial charge in [0.1, 0.15) is 6.04 Å². The molecule has 13 heavy (non-hydrogen) atoms. The Hall–Kier alpha value is -0.610. The van der Waals surface area contributed by atoms with Gasteiger partial charge in [-0.05, 0) is 13.8 Å². The number of hydrogen-bond acceptors (Lipinski definition) is 3. The third-order valence-electron chi connectivity index (χ3n) is 2.27. The van der Waals surface area contributed by atoms with Crippen molar-refractivity contribution < 1.29 is 9.53 Å². The zero-order valence-corrected chi connectivity index (χ0v) is 8.32. The molecule has 1 aliphatic heterocycles. The van der Waals surface area contributed by atoms with E-state index in [1.165, 1.54) is 0 Å². The highest BCUT2D eigenvalue weighted by Gasteiger charge is 2.23. The van der Waals surface area contributed by atoms with E-state index in [-0.39, 0.29) is 12.0 Å². The van der Waals surface area contributed by atoms with Crippen molar-refractivity contribution in [2.45, 2.75) is 19.9 Å². The predicted molar refractivity (Wildman–Crippen MR) is 49.5 cm³/mol. The molecule has 1 radical (unpaired) electrons. The number of piperazine rings is 1. The molecular weight excluding hydrogens is 168 g/mol. The summed E-state index contributed by atoms with van der Waals surface area (Å²) in [6.45, 7) is 7.61. The average Bonchev–Trinajstić information content (AvgIpc) is 2.18. The lowest BCUT2D eigenvalue weighted by Crippen LogP contribution is -2.48. The van der Waals surface area contributed by atoms with Gasteiger partial charge in [0.2, 0.25) is 0 Å². The highest BCUT2D eigenvalue weighted by Crippen LogP contribution is 2.03. The van der Waals surface area contributed by atoms with Crippen LogP contribution in [0.2, 0.25) is 0 Å². The maximum atomic E-state index is 11.3. The summed E-state index contributed by atoms with van der Waals surface area (Å²) in [6, 6.07) is -0.115. The fraction of sp³-hybridized carbons (Fsp3) is 0.889. The van der Waals surface area contributed by atoms with Crippen LogP contribution in [0.3, 0.4) is 0 Å². The Balaban J connectivity index is 2.35. The molecule has 1 fully saturated rings. The quantitative estimate of drug-likeness (QED) is 0.575. The smallest absolute Gasteiger partial charge is 0.323 e. The maximum absolute atomic E-state index is 11.3. The maximum Gasteiger partial charge on any atom is 0.323 e. The van der Waals surface area contributed by atoms with E-state index in [1.54, 1.807) is 0 Å². The third kappa shape index (κ3) is 2.97. The standard InChI is InChI=1S/C9H17N2O2/c1-3-13-9(12)8(2)11-6-4-10-5-7-11/h8H,3-7H2,1-2H3. The lowest BCUT2D eigenvalue weighted by atomic mass is 10.2. The highest BCUT2D eigenvalue weighted by molar-refractivity contribution is 5.75. The number of ether oxygens (including phenoxy) is 1. The SMILES string of the molecule is CCOC(=O)C(C)N1CC[N]CC1. The van der Waals surface area contributed by atoms with Gasteiger partial charge in [0, 0.05) is 26.2 Å². The summed E-state index contributed by atoms with van der Waals surface area (Å²) in [4.78, 5) is 13.5. The minimum absolute atomic E-state index is 0.115. The van der Waals surface area contributed by atoms with Crippen LogP contribution in [0.25, 0.3) is 0 Å². The molecule has 0 saturated carbocycles. The molecule has 1 heterocycles. The lowest BCUT2D eigenvalue weighted by molar-refractivity contribution is -0.149. The number of rotatable bonds is 3. The topological polar surface area (TPSA) is 43.6 Å². The second-order valence-electron chi connectivity index (χ2n) is 3.13. The summed E-state index contributed by atoms with van der Waals surface area (Å²) >= 11 is 0. The second kappa shape index (κ2) is 5.19. The Labute approximate surface area is 79.2 Å². The van der Waals surface area contributed by atoms with Crippen LogP contribution in [0.1, 0.15) is 13.8 Å². The van der Waals surface area contributed by atoms with E-state index in [4.69, 9.17) is 4.74 Å². The zero-order valence-electron chi connectivity index (χ0n) is 8.32. The Kier molecular flexibility index (Phi) is 4.18. The van der Waals surface area contributed by atoms with E-state index in [1.807, 2.05) is 13.8 Å². The van der Waals surface area contributed by atoms with Gasteiger partial charge in [0.15, 0.2) is 0 Å². The van der Waals surface area contributed by atoms with Gasteiger partial charge in [-0.1, -0.05) is 0 Å².